The van der Waals surface area contributed by atoms with E-state index in [0.717, 1.165) is 50.6 Å². The predicted molar refractivity (Wildman–Crippen MR) is 154 cm³/mol. The maximum atomic E-state index is 13.3. The zero-order chi connectivity index (χ0) is 27.6. The fraction of sp³-hybridized carbons (Fsp3) is 0.375. The second-order valence-electron chi connectivity index (χ2n) is 11.3. The lowest BCUT2D eigenvalue weighted by molar-refractivity contribution is 0.182. The Balaban J connectivity index is 1.09. The van der Waals surface area contributed by atoms with Gasteiger partial charge in [-0.1, -0.05) is 84.0 Å². The van der Waals surface area contributed by atoms with E-state index in [0.29, 0.717) is 23.8 Å². The summed E-state index contributed by atoms with van der Waals surface area (Å²) in [6.07, 6.45) is 3.64. The van der Waals surface area contributed by atoms with Gasteiger partial charge in [-0.2, -0.15) is 4.98 Å². The molecule has 7 nitrogen and oxygen atoms in total. The van der Waals surface area contributed by atoms with E-state index in [1.54, 1.807) is 35.6 Å². The average molecular weight is 557 g/mol. The van der Waals surface area contributed by atoms with Crippen molar-refractivity contribution in [2.45, 2.75) is 41.9 Å². The first-order chi connectivity index (χ1) is 19.4. The molecule has 4 aromatic rings. The minimum Gasteiger partial charge on any atom is -0.339 e. The molecule has 6 rings (SSSR count). The van der Waals surface area contributed by atoms with Crippen molar-refractivity contribution < 1.29 is 12.9 Å². The number of hydrogen-bond acceptors (Lipinski definition) is 6. The second kappa shape index (κ2) is 11.3. The van der Waals surface area contributed by atoms with Gasteiger partial charge >= 0.3 is 0 Å². The van der Waals surface area contributed by atoms with Gasteiger partial charge in [0.1, 0.15) is 0 Å². The van der Waals surface area contributed by atoms with E-state index in [-0.39, 0.29) is 11.3 Å². The molecule has 1 aromatic heterocycles. The van der Waals surface area contributed by atoms with Crippen LogP contribution in [0, 0.1) is 5.92 Å². The van der Waals surface area contributed by atoms with Crippen LogP contribution < -0.4 is 0 Å². The molecule has 2 fully saturated rings. The van der Waals surface area contributed by atoms with Crippen LogP contribution in [-0.4, -0.2) is 61.0 Å². The maximum absolute atomic E-state index is 13.3. The lowest BCUT2D eigenvalue weighted by atomic mass is 9.92. The third-order valence-corrected chi connectivity index (χ3v) is 10.5. The molecule has 208 valence electrons. The topological polar surface area (TPSA) is 79.5 Å². The van der Waals surface area contributed by atoms with Crippen molar-refractivity contribution in [2.75, 3.05) is 33.2 Å². The van der Waals surface area contributed by atoms with Gasteiger partial charge < -0.3 is 9.42 Å². The van der Waals surface area contributed by atoms with Crippen molar-refractivity contribution in [3.8, 4) is 0 Å². The molecule has 2 heterocycles. The second-order valence-corrected chi connectivity index (χ2v) is 13.3. The van der Waals surface area contributed by atoms with Crippen LogP contribution >= 0.6 is 0 Å². The molecule has 0 bridgehead atoms. The molecule has 3 aromatic carbocycles. The number of nitrogens with zero attached hydrogens (tertiary/aromatic N) is 4. The van der Waals surface area contributed by atoms with Crippen LogP contribution in [0.25, 0.3) is 0 Å². The first-order valence-electron chi connectivity index (χ1n) is 14.1. The van der Waals surface area contributed by atoms with Crippen molar-refractivity contribution in [2.24, 2.45) is 5.92 Å². The zero-order valence-electron chi connectivity index (χ0n) is 22.9. The summed E-state index contributed by atoms with van der Waals surface area (Å²) in [7, 11) is -1.84. The summed E-state index contributed by atoms with van der Waals surface area (Å²) in [6, 6.07) is 29.4. The summed E-state index contributed by atoms with van der Waals surface area (Å²) in [4.78, 5) is 7.58. The highest BCUT2D eigenvalue weighted by atomic mass is 32.2. The quantitative estimate of drug-likeness (QED) is 0.270. The first-order valence-corrected chi connectivity index (χ1v) is 15.5. The number of piperidine rings is 1. The van der Waals surface area contributed by atoms with Gasteiger partial charge in [0.05, 0.1) is 4.90 Å². The summed E-state index contributed by atoms with van der Waals surface area (Å²) in [5.41, 5.74) is 2.23. The SMILES string of the molecule is CN(C[C@@]1(c2ccccc2)C[C@@H]1CN1CCC(c2nc(Cc3ccccc3)no2)CC1)S(=O)(=O)c1ccccc1. The Labute approximate surface area is 236 Å². The molecule has 0 amide bonds. The molecular weight excluding hydrogens is 520 g/mol. The average Bonchev–Trinajstić information content (AvgIpc) is 3.47. The van der Waals surface area contributed by atoms with E-state index in [1.807, 2.05) is 30.3 Å². The monoisotopic (exact) mass is 556 g/mol. The fourth-order valence-electron chi connectivity index (χ4n) is 6.24. The molecule has 1 aliphatic heterocycles. The summed E-state index contributed by atoms with van der Waals surface area (Å²) in [6.45, 7) is 3.38. The minimum absolute atomic E-state index is 0.173. The summed E-state index contributed by atoms with van der Waals surface area (Å²) in [5, 5.41) is 4.23. The highest BCUT2D eigenvalue weighted by Crippen LogP contribution is 2.55. The number of hydrogen-bond donors (Lipinski definition) is 0. The van der Waals surface area contributed by atoms with Crippen molar-refractivity contribution in [3.05, 3.63) is 114 Å². The molecule has 0 N–H and O–H groups in total. The molecule has 0 spiro atoms. The van der Waals surface area contributed by atoms with Crippen molar-refractivity contribution in [1.82, 2.24) is 19.3 Å². The van der Waals surface area contributed by atoms with Crippen molar-refractivity contribution >= 4 is 10.0 Å². The normalized spacial score (nSPS) is 22.0. The number of rotatable bonds is 10. The molecule has 2 atom stereocenters. The van der Waals surface area contributed by atoms with Crippen LogP contribution in [0.3, 0.4) is 0 Å². The van der Waals surface area contributed by atoms with Gasteiger partial charge in [0.25, 0.3) is 0 Å². The van der Waals surface area contributed by atoms with E-state index in [4.69, 9.17) is 9.51 Å². The van der Waals surface area contributed by atoms with E-state index < -0.39 is 10.0 Å². The lowest BCUT2D eigenvalue weighted by Gasteiger charge is -2.32. The highest BCUT2D eigenvalue weighted by molar-refractivity contribution is 7.89. The summed E-state index contributed by atoms with van der Waals surface area (Å²) >= 11 is 0. The van der Waals surface area contributed by atoms with Crippen LogP contribution in [0.4, 0.5) is 0 Å². The maximum Gasteiger partial charge on any atom is 0.242 e. The Morgan fingerprint density at radius 2 is 1.55 bits per heavy atom. The Morgan fingerprint density at radius 1 is 0.925 bits per heavy atom. The van der Waals surface area contributed by atoms with Gasteiger partial charge in [-0.15, -0.1) is 0 Å². The fourth-order valence-corrected chi connectivity index (χ4v) is 7.50. The van der Waals surface area contributed by atoms with Crippen LogP contribution in [0.15, 0.2) is 100 Å². The van der Waals surface area contributed by atoms with Gasteiger partial charge in [-0.05, 0) is 61.5 Å². The van der Waals surface area contributed by atoms with Crippen LogP contribution in [0.1, 0.15) is 48.0 Å². The molecule has 40 heavy (non-hydrogen) atoms. The van der Waals surface area contributed by atoms with Crippen molar-refractivity contribution in [3.63, 3.8) is 0 Å². The van der Waals surface area contributed by atoms with E-state index in [1.165, 1.54) is 11.1 Å². The lowest BCUT2D eigenvalue weighted by Crippen LogP contribution is -2.39. The molecule has 0 unspecified atom stereocenters. The third-order valence-electron chi connectivity index (χ3n) is 8.64. The smallest absolute Gasteiger partial charge is 0.242 e. The van der Waals surface area contributed by atoms with Gasteiger partial charge in [0.15, 0.2) is 5.82 Å². The summed E-state index contributed by atoms with van der Waals surface area (Å²) in [5.74, 6) is 2.18. The van der Waals surface area contributed by atoms with E-state index >= 15 is 0 Å². The Hall–Kier alpha value is -3.33. The Bertz CT molecular complexity index is 1500. The zero-order valence-corrected chi connectivity index (χ0v) is 23.7. The molecule has 8 heteroatoms. The van der Waals surface area contributed by atoms with Gasteiger partial charge in [-0.25, -0.2) is 12.7 Å². The van der Waals surface area contributed by atoms with Gasteiger partial charge in [-0.3, -0.25) is 0 Å². The largest absolute Gasteiger partial charge is 0.339 e. The molecule has 1 saturated heterocycles. The summed E-state index contributed by atoms with van der Waals surface area (Å²) < 4.78 is 33.9. The Morgan fingerprint density at radius 3 is 2.23 bits per heavy atom. The number of benzene rings is 3. The van der Waals surface area contributed by atoms with Crippen LogP contribution in [0.2, 0.25) is 0 Å². The number of aromatic nitrogens is 2. The van der Waals surface area contributed by atoms with E-state index in [9.17, 15) is 8.42 Å². The minimum atomic E-state index is -3.56. The van der Waals surface area contributed by atoms with Crippen LogP contribution in [0.5, 0.6) is 0 Å². The molecular formula is C32H36N4O3S. The standard InChI is InChI=1S/C32H36N4O3S/c1-35(40(37,38)29-15-9-4-10-16-29)24-32(27-13-7-3-8-14-27)22-28(32)23-36-19-17-26(18-20-36)31-33-30(34-39-31)21-25-11-5-2-6-12-25/h2-16,26,28H,17-24H2,1H3/t28-,32-/m1/s1. The van der Waals surface area contributed by atoms with E-state index in [2.05, 4.69) is 46.5 Å². The predicted octanol–water partition coefficient (Wildman–Crippen LogP) is 5.12. The molecule has 1 saturated carbocycles. The van der Waals surface area contributed by atoms with Gasteiger partial charge in [0.2, 0.25) is 15.9 Å². The first kappa shape index (κ1) is 26.9. The Kier molecular flexibility index (Phi) is 7.57. The number of likely N-dealkylation sites (N-methyl/N-ethyl adjacent to an activating group) is 1. The molecule has 1 aliphatic carbocycles. The number of likely N-dealkylation sites (tertiary alicyclic amines) is 1. The van der Waals surface area contributed by atoms with Gasteiger partial charge in [0, 0.05) is 37.9 Å². The molecule has 0 radical (unpaired) electrons. The third kappa shape index (κ3) is 5.61. The molecule has 2 aliphatic rings. The highest BCUT2D eigenvalue weighted by Gasteiger charge is 2.56. The number of sulfonamides is 1. The van der Waals surface area contributed by atoms with Crippen LogP contribution in [-0.2, 0) is 21.9 Å². The van der Waals surface area contributed by atoms with Crippen molar-refractivity contribution in [1.29, 1.82) is 0 Å².